The second-order valence-electron chi connectivity index (χ2n) is 9.09. The first-order valence-corrected chi connectivity index (χ1v) is 11.2. The minimum absolute atomic E-state index is 0.328. The van der Waals surface area contributed by atoms with E-state index >= 15 is 0 Å². The van der Waals surface area contributed by atoms with Crippen molar-refractivity contribution in [2.24, 2.45) is 5.92 Å². The maximum Gasteiger partial charge on any atom is 0.222 e. The molecule has 7 nitrogen and oxygen atoms in total. The van der Waals surface area contributed by atoms with Crippen molar-refractivity contribution in [2.75, 3.05) is 38.1 Å². The molecule has 29 heavy (non-hydrogen) atoms. The van der Waals surface area contributed by atoms with Crippen LogP contribution in [0.15, 0.2) is 18.6 Å². The average Bonchev–Trinajstić information content (AvgIpc) is 3.38. The highest BCUT2D eigenvalue weighted by molar-refractivity contribution is 5.87. The fourth-order valence-corrected chi connectivity index (χ4v) is 5.83. The first-order chi connectivity index (χ1) is 14.2. The molecule has 2 aromatic heterocycles. The first kappa shape index (κ1) is 18.9. The van der Waals surface area contributed by atoms with Crippen LogP contribution in [0.1, 0.15) is 44.9 Å². The first-order valence-electron chi connectivity index (χ1n) is 11.2. The van der Waals surface area contributed by atoms with E-state index in [-0.39, 0.29) is 0 Å². The fraction of sp³-hybridized carbons (Fsp3) is 0.682. The molecule has 0 aliphatic carbocycles. The zero-order valence-corrected chi connectivity index (χ0v) is 17.4. The van der Waals surface area contributed by atoms with Crippen LogP contribution in [0.5, 0.6) is 0 Å². The molecule has 3 atom stereocenters. The number of carbonyl (C=O) groups excluding carboxylic acids is 1. The molecule has 5 rings (SSSR count). The number of aromatic nitrogens is 3. The molecule has 5 heterocycles. The largest absolute Gasteiger partial charge is 0.351 e. The number of hydrogen-bond donors (Lipinski definition) is 1. The van der Waals surface area contributed by atoms with E-state index in [0.717, 1.165) is 62.2 Å². The van der Waals surface area contributed by atoms with Gasteiger partial charge in [-0.1, -0.05) is 0 Å². The lowest BCUT2D eigenvalue weighted by atomic mass is 9.92. The highest BCUT2D eigenvalue weighted by Crippen LogP contribution is 2.36. The summed E-state index contributed by atoms with van der Waals surface area (Å²) in [5, 5.41) is 1.08. The Morgan fingerprint density at radius 1 is 1.14 bits per heavy atom. The molecule has 2 aromatic rings. The Hall–Kier alpha value is -2.15. The standard InChI is InChI=1S/C22H32N6O/c1-26-11-2-4-16(14-26)6-7-20(29)27-12-3-5-18-19(27)9-13-28(18)22-17-8-10-23-21(17)24-15-25-22/h8,10,15-16,18-19H,2-7,9,11-14H2,1H3,(H,23,24,25)/t16?,18-,19-/m1/s1. The van der Waals surface area contributed by atoms with E-state index < -0.39 is 0 Å². The number of likely N-dealkylation sites (tertiary alicyclic amines) is 2. The summed E-state index contributed by atoms with van der Waals surface area (Å²) < 4.78 is 0. The maximum atomic E-state index is 13.1. The molecule has 1 N–H and O–H groups in total. The van der Waals surface area contributed by atoms with Crippen molar-refractivity contribution in [3.8, 4) is 0 Å². The number of carbonyl (C=O) groups is 1. The van der Waals surface area contributed by atoms with Gasteiger partial charge in [0.15, 0.2) is 0 Å². The van der Waals surface area contributed by atoms with Crippen molar-refractivity contribution in [1.82, 2.24) is 24.8 Å². The summed E-state index contributed by atoms with van der Waals surface area (Å²) in [6, 6.07) is 2.76. The monoisotopic (exact) mass is 396 g/mol. The van der Waals surface area contributed by atoms with Gasteiger partial charge in [0.2, 0.25) is 5.91 Å². The topological polar surface area (TPSA) is 68.4 Å². The predicted molar refractivity (Wildman–Crippen MR) is 114 cm³/mol. The molecule has 3 aliphatic rings. The van der Waals surface area contributed by atoms with E-state index in [4.69, 9.17) is 0 Å². The minimum atomic E-state index is 0.328. The summed E-state index contributed by atoms with van der Waals surface area (Å²) in [5.74, 6) is 2.06. The number of H-pyrrole nitrogens is 1. The summed E-state index contributed by atoms with van der Waals surface area (Å²) >= 11 is 0. The molecule has 3 fully saturated rings. The van der Waals surface area contributed by atoms with Gasteiger partial charge in [0, 0.05) is 32.3 Å². The Bertz CT molecular complexity index is 866. The van der Waals surface area contributed by atoms with Gasteiger partial charge in [-0.05, 0) is 64.1 Å². The third-order valence-corrected chi connectivity index (χ3v) is 7.22. The highest BCUT2D eigenvalue weighted by atomic mass is 16.2. The molecule has 1 unspecified atom stereocenters. The van der Waals surface area contributed by atoms with Gasteiger partial charge in [-0.2, -0.15) is 0 Å². The number of nitrogens with one attached hydrogen (secondary N) is 1. The number of fused-ring (bicyclic) bond motifs is 2. The number of rotatable bonds is 4. The van der Waals surface area contributed by atoms with Crippen LogP contribution in [0.4, 0.5) is 5.82 Å². The smallest absolute Gasteiger partial charge is 0.222 e. The van der Waals surface area contributed by atoms with Crippen LogP contribution in [-0.4, -0.2) is 76.0 Å². The lowest BCUT2D eigenvalue weighted by Gasteiger charge is -2.40. The second kappa shape index (κ2) is 7.94. The molecule has 0 spiro atoms. The summed E-state index contributed by atoms with van der Waals surface area (Å²) in [4.78, 5) is 32.3. The molecule has 0 saturated carbocycles. The molecule has 0 bridgehead atoms. The van der Waals surface area contributed by atoms with Crippen molar-refractivity contribution in [3.63, 3.8) is 0 Å². The van der Waals surface area contributed by atoms with Crippen LogP contribution in [0.25, 0.3) is 11.0 Å². The number of amides is 1. The minimum Gasteiger partial charge on any atom is -0.351 e. The summed E-state index contributed by atoms with van der Waals surface area (Å²) in [6.07, 6.45) is 11.1. The Morgan fingerprint density at radius 3 is 2.93 bits per heavy atom. The van der Waals surface area contributed by atoms with Crippen LogP contribution in [-0.2, 0) is 4.79 Å². The average molecular weight is 397 g/mol. The van der Waals surface area contributed by atoms with Gasteiger partial charge in [-0.25, -0.2) is 9.97 Å². The van der Waals surface area contributed by atoms with Crippen molar-refractivity contribution in [1.29, 1.82) is 0 Å². The quantitative estimate of drug-likeness (QED) is 0.861. The van der Waals surface area contributed by atoms with Gasteiger partial charge in [0.25, 0.3) is 0 Å². The van der Waals surface area contributed by atoms with E-state index in [9.17, 15) is 4.79 Å². The molecule has 0 radical (unpaired) electrons. The van der Waals surface area contributed by atoms with Crippen molar-refractivity contribution < 1.29 is 4.79 Å². The number of hydrogen-bond acceptors (Lipinski definition) is 5. The lowest BCUT2D eigenvalue weighted by molar-refractivity contribution is -0.135. The number of nitrogens with zero attached hydrogens (tertiary/aromatic N) is 5. The van der Waals surface area contributed by atoms with E-state index in [1.807, 2.05) is 6.20 Å². The van der Waals surface area contributed by atoms with Crippen LogP contribution >= 0.6 is 0 Å². The van der Waals surface area contributed by atoms with Crippen LogP contribution < -0.4 is 4.90 Å². The molecular weight excluding hydrogens is 364 g/mol. The number of aromatic amines is 1. The van der Waals surface area contributed by atoms with Gasteiger partial charge in [0.05, 0.1) is 17.5 Å². The molecule has 0 aromatic carbocycles. The normalized spacial score (nSPS) is 28.1. The lowest BCUT2D eigenvalue weighted by Crippen LogP contribution is -2.52. The molecule has 3 saturated heterocycles. The van der Waals surface area contributed by atoms with Gasteiger partial charge >= 0.3 is 0 Å². The Morgan fingerprint density at radius 2 is 2.03 bits per heavy atom. The predicted octanol–water partition coefficient (Wildman–Crippen LogP) is 2.65. The Labute approximate surface area is 172 Å². The Balaban J connectivity index is 1.27. The van der Waals surface area contributed by atoms with Crippen molar-refractivity contribution in [2.45, 2.75) is 57.0 Å². The van der Waals surface area contributed by atoms with Crippen LogP contribution in [0, 0.1) is 5.92 Å². The van der Waals surface area contributed by atoms with Crippen molar-refractivity contribution >= 4 is 22.8 Å². The van der Waals surface area contributed by atoms with E-state index in [2.05, 4.69) is 42.8 Å². The molecule has 156 valence electrons. The van der Waals surface area contributed by atoms with Crippen LogP contribution in [0.2, 0.25) is 0 Å². The van der Waals surface area contributed by atoms with Gasteiger partial charge in [-0.15, -0.1) is 0 Å². The third kappa shape index (κ3) is 3.61. The second-order valence-corrected chi connectivity index (χ2v) is 9.09. The zero-order valence-electron chi connectivity index (χ0n) is 17.4. The van der Waals surface area contributed by atoms with E-state index in [1.165, 1.54) is 19.4 Å². The Kier molecular flexibility index (Phi) is 5.16. The maximum absolute atomic E-state index is 13.1. The van der Waals surface area contributed by atoms with Gasteiger partial charge < -0.3 is 19.7 Å². The molecule has 3 aliphatic heterocycles. The third-order valence-electron chi connectivity index (χ3n) is 7.22. The van der Waals surface area contributed by atoms with Gasteiger partial charge in [-0.3, -0.25) is 4.79 Å². The SMILES string of the molecule is CN1CCCC(CCC(=O)N2CCC[C@@H]3[C@H]2CCN3c2ncnc3[nH]ccc23)C1. The van der Waals surface area contributed by atoms with E-state index in [1.54, 1.807) is 6.33 Å². The molecule has 1 amide bonds. The van der Waals surface area contributed by atoms with Gasteiger partial charge in [0.1, 0.15) is 17.8 Å². The van der Waals surface area contributed by atoms with Crippen molar-refractivity contribution in [3.05, 3.63) is 18.6 Å². The number of piperidine rings is 2. The molecular formula is C22H32N6O. The summed E-state index contributed by atoms with van der Waals surface area (Å²) in [7, 11) is 2.20. The van der Waals surface area contributed by atoms with E-state index in [0.29, 0.717) is 30.3 Å². The summed E-state index contributed by atoms with van der Waals surface area (Å²) in [5.41, 5.74) is 0.889. The molecule has 7 heteroatoms. The summed E-state index contributed by atoms with van der Waals surface area (Å²) in [6.45, 7) is 4.23. The number of anilines is 1. The fourth-order valence-electron chi connectivity index (χ4n) is 5.83. The zero-order chi connectivity index (χ0) is 19.8. The van der Waals surface area contributed by atoms with Crippen LogP contribution in [0.3, 0.4) is 0 Å². The highest BCUT2D eigenvalue weighted by Gasteiger charge is 2.42.